The maximum Gasteiger partial charge on any atom is 0.237 e. The molecule has 0 fully saturated rings. The quantitative estimate of drug-likeness (QED) is 0.746. The Labute approximate surface area is 110 Å². The molecule has 1 atom stereocenters. The van der Waals surface area contributed by atoms with Crippen LogP contribution in [0.3, 0.4) is 0 Å². The molecule has 6 heteroatoms. The molecule has 0 aliphatic carbocycles. The lowest BCUT2D eigenvalue weighted by molar-refractivity contribution is -0.122. The molecule has 3 N–H and O–H groups in total. The first kappa shape index (κ1) is 14.4. The number of rotatable bonds is 7. The Hall–Kier alpha value is -0.620. The van der Waals surface area contributed by atoms with Gasteiger partial charge in [0.05, 0.1) is 16.9 Å². The summed E-state index contributed by atoms with van der Waals surface area (Å²) in [6, 6.07) is 3.23. The number of carbonyl (C=O) groups is 1. The van der Waals surface area contributed by atoms with Crippen LogP contribution in [0.4, 0.5) is 0 Å². The van der Waals surface area contributed by atoms with Gasteiger partial charge in [0.15, 0.2) is 0 Å². The summed E-state index contributed by atoms with van der Waals surface area (Å²) in [4.78, 5) is 12.6. The summed E-state index contributed by atoms with van der Waals surface area (Å²) in [5.74, 6) is -0.134. The van der Waals surface area contributed by atoms with Crippen molar-refractivity contribution >= 4 is 28.8 Å². The first-order chi connectivity index (χ1) is 8.13. The van der Waals surface area contributed by atoms with Crippen LogP contribution >= 0.6 is 22.9 Å². The number of thiophene rings is 1. The van der Waals surface area contributed by atoms with E-state index in [1.807, 2.05) is 12.1 Å². The van der Waals surface area contributed by atoms with Gasteiger partial charge in [0.2, 0.25) is 5.91 Å². The van der Waals surface area contributed by atoms with Crippen LogP contribution in [0.1, 0.15) is 17.7 Å². The van der Waals surface area contributed by atoms with Gasteiger partial charge < -0.3 is 15.8 Å². The number of hydrogen-bond donors (Lipinski definition) is 2. The van der Waals surface area contributed by atoms with Crippen LogP contribution in [0, 0.1) is 0 Å². The van der Waals surface area contributed by atoms with Gasteiger partial charge in [0, 0.05) is 18.6 Å². The molecule has 1 unspecified atom stereocenters. The van der Waals surface area contributed by atoms with Gasteiger partial charge in [-0.1, -0.05) is 11.6 Å². The normalized spacial score (nSPS) is 12.4. The monoisotopic (exact) mass is 276 g/mol. The minimum Gasteiger partial charge on any atom is -0.385 e. The summed E-state index contributed by atoms with van der Waals surface area (Å²) < 4.78 is 5.62. The predicted octanol–water partition coefficient (Wildman–Crippen LogP) is 1.77. The molecule has 1 aromatic heterocycles. The predicted molar refractivity (Wildman–Crippen MR) is 70.3 cm³/mol. The maximum absolute atomic E-state index is 11.6. The van der Waals surface area contributed by atoms with E-state index >= 15 is 0 Å². The summed E-state index contributed by atoms with van der Waals surface area (Å²) >= 11 is 7.24. The second-order valence-electron chi connectivity index (χ2n) is 3.67. The largest absolute Gasteiger partial charge is 0.385 e. The fraction of sp³-hybridized carbons (Fsp3) is 0.545. The van der Waals surface area contributed by atoms with E-state index in [1.165, 1.54) is 11.3 Å². The zero-order valence-corrected chi connectivity index (χ0v) is 11.3. The Balaban J connectivity index is 2.24. The van der Waals surface area contributed by atoms with Crippen molar-refractivity contribution in [3.05, 3.63) is 21.3 Å². The van der Waals surface area contributed by atoms with E-state index in [4.69, 9.17) is 22.1 Å². The van der Waals surface area contributed by atoms with E-state index in [1.54, 1.807) is 7.11 Å². The fourth-order valence-corrected chi connectivity index (χ4v) is 2.36. The van der Waals surface area contributed by atoms with E-state index in [0.717, 1.165) is 15.6 Å². The number of nitrogens with one attached hydrogen (secondary N) is 1. The van der Waals surface area contributed by atoms with Crippen LogP contribution in [0.2, 0.25) is 4.34 Å². The second-order valence-corrected chi connectivity index (χ2v) is 5.46. The SMILES string of the molecule is COCCCC(N)C(=O)NCc1ccc(Cl)s1. The molecular formula is C11H17ClN2O2S. The number of methoxy groups -OCH3 is 1. The Bertz CT molecular complexity index is 357. The Morgan fingerprint density at radius 2 is 2.41 bits per heavy atom. The first-order valence-electron chi connectivity index (χ1n) is 5.40. The minimum absolute atomic E-state index is 0.134. The van der Waals surface area contributed by atoms with Gasteiger partial charge in [-0.05, 0) is 25.0 Å². The molecule has 1 rings (SSSR count). The number of ether oxygens (including phenoxy) is 1. The standard InChI is InChI=1S/C11H17ClN2O2S/c1-16-6-2-3-9(13)11(15)14-7-8-4-5-10(12)17-8/h4-5,9H,2-3,6-7,13H2,1H3,(H,14,15). The lowest BCUT2D eigenvalue weighted by Crippen LogP contribution is -2.40. The molecule has 1 amide bonds. The molecule has 17 heavy (non-hydrogen) atoms. The second kappa shape index (κ2) is 7.66. The zero-order valence-electron chi connectivity index (χ0n) is 9.74. The van der Waals surface area contributed by atoms with E-state index in [2.05, 4.69) is 5.32 Å². The molecule has 1 heterocycles. The minimum atomic E-state index is -0.472. The molecule has 0 saturated carbocycles. The molecule has 96 valence electrons. The molecule has 0 saturated heterocycles. The summed E-state index contributed by atoms with van der Waals surface area (Å²) in [5, 5.41) is 2.79. The van der Waals surface area contributed by atoms with Gasteiger partial charge in [-0.3, -0.25) is 4.79 Å². The molecule has 0 radical (unpaired) electrons. The van der Waals surface area contributed by atoms with Crippen LogP contribution in [0.15, 0.2) is 12.1 Å². The Morgan fingerprint density at radius 1 is 1.65 bits per heavy atom. The summed E-state index contributed by atoms with van der Waals surface area (Å²) in [5.41, 5.74) is 5.74. The van der Waals surface area contributed by atoms with Crippen molar-refractivity contribution in [2.24, 2.45) is 5.73 Å². The van der Waals surface area contributed by atoms with E-state index in [-0.39, 0.29) is 5.91 Å². The highest BCUT2D eigenvalue weighted by Gasteiger charge is 2.12. The lowest BCUT2D eigenvalue weighted by Gasteiger charge is -2.11. The van der Waals surface area contributed by atoms with Gasteiger partial charge in [0.25, 0.3) is 0 Å². The Kier molecular flexibility index (Phi) is 6.50. The van der Waals surface area contributed by atoms with E-state index in [0.29, 0.717) is 19.6 Å². The van der Waals surface area contributed by atoms with Crippen LogP contribution in [-0.4, -0.2) is 25.7 Å². The van der Waals surface area contributed by atoms with Crippen molar-refractivity contribution in [2.75, 3.05) is 13.7 Å². The molecule has 0 bridgehead atoms. The maximum atomic E-state index is 11.6. The number of hydrogen-bond acceptors (Lipinski definition) is 4. The van der Waals surface area contributed by atoms with E-state index < -0.39 is 6.04 Å². The zero-order chi connectivity index (χ0) is 12.7. The molecule has 1 aromatic rings. The number of halogens is 1. The van der Waals surface area contributed by atoms with E-state index in [9.17, 15) is 4.79 Å². The summed E-state index contributed by atoms with van der Waals surface area (Å²) in [7, 11) is 1.63. The fourth-order valence-electron chi connectivity index (χ4n) is 1.33. The highest BCUT2D eigenvalue weighted by atomic mass is 35.5. The van der Waals surface area contributed by atoms with Crippen LogP contribution in [0.25, 0.3) is 0 Å². The van der Waals surface area contributed by atoms with Gasteiger partial charge in [-0.2, -0.15) is 0 Å². The van der Waals surface area contributed by atoms with Crippen molar-refractivity contribution < 1.29 is 9.53 Å². The smallest absolute Gasteiger partial charge is 0.237 e. The average Bonchev–Trinajstić information content (AvgIpc) is 2.72. The average molecular weight is 277 g/mol. The van der Waals surface area contributed by atoms with Crippen molar-refractivity contribution in [3.63, 3.8) is 0 Å². The lowest BCUT2D eigenvalue weighted by atomic mass is 10.1. The Morgan fingerprint density at radius 3 is 3.00 bits per heavy atom. The first-order valence-corrected chi connectivity index (χ1v) is 6.59. The topological polar surface area (TPSA) is 64.3 Å². The van der Waals surface area contributed by atoms with Gasteiger partial charge in [0.1, 0.15) is 0 Å². The molecule has 0 aliphatic heterocycles. The van der Waals surface area contributed by atoms with Gasteiger partial charge >= 0.3 is 0 Å². The number of nitrogens with two attached hydrogens (primary N) is 1. The summed E-state index contributed by atoms with van der Waals surface area (Å²) in [6.07, 6.45) is 1.42. The highest BCUT2D eigenvalue weighted by Crippen LogP contribution is 2.20. The van der Waals surface area contributed by atoms with Crippen molar-refractivity contribution in [1.29, 1.82) is 0 Å². The molecule has 4 nitrogen and oxygen atoms in total. The third-order valence-corrected chi connectivity index (χ3v) is 3.50. The van der Waals surface area contributed by atoms with Crippen LogP contribution in [-0.2, 0) is 16.1 Å². The summed E-state index contributed by atoms with van der Waals surface area (Å²) in [6.45, 7) is 1.11. The third-order valence-electron chi connectivity index (χ3n) is 2.27. The van der Waals surface area contributed by atoms with Crippen LogP contribution < -0.4 is 11.1 Å². The van der Waals surface area contributed by atoms with Crippen molar-refractivity contribution in [1.82, 2.24) is 5.32 Å². The molecule has 0 aliphatic rings. The number of amides is 1. The molecule has 0 aromatic carbocycles. The third kappa shape index (κ3) is 5.50. The molecular weight excluding hydrogens is 260 g/mol. The number of carbonyl (C=O) groups excluding carboxylic acids is 1. The van der Waals surface area contributed by atoms with Crippen LogP contribution in [0.5, 0.6) is 0 Å². The van der Waals surface area contributed by atoms with Crippen molar-refractivity contribution in [2.45, 2.75) is 25.4 Å². The highest BCUT2D eigenvalue weighted by molar-refractivity contribution is 7.16. The van der Waals surface area contributed by atoms with Gasteiger partial charge in [-0.15, -0.1) is 11.3 Å². The van der Waals surface area contributed by atoms with Crippen molar-refractivity contribution in [3.8, 4) is 0 Å². The van der Waals surface area contributed by atoms with Gasteiger partial charge in [-0.25, -0.2) is 0 Å². The molecule has 0 spiro atoms.